The molecule has 3 rings (SSSR count). The van der Waals surface area contributed by atoms with Crippen molar-refractivity contribution >= 4 is 23.4 Å². The van der Waals surface area contributed by atoms with Gasteiger partial charge in [0, 0.05) is 31.2 Å². The van der Waals surface area contributed by atoms with Crippen LogP contribution in [-0.4, -0.2) is 59.5 Å². The summed E-state index contributed by atoms with van der Waals surface area (Å²) in [5.41, 5.74) is 2.09. The first-order chi connectivity index (χ1) is 13.9. The van der Waals surface area contributed by atoms with Crippen molar-refractivity contribution < 1.29 is 19.4 Å². The maximum atomic E-state index is 12.7. The van der Waals surface area contributed by atoms with Gasteiger partial charge in [0.1, 0.15) is 11.5 Å². The number of carbonyl (C=O) groups excluding carboxylic acids is 2. The molecule has 0 saturated carbocycles. The number of ether oxygens (including phenoxy) is 1. The average molecular weight is 417 g/mol. The Morgan fingerprint density at radius 1 is 1.03 bits per heavy atom. The van der Waals surface area contributed by atoms with Crippen LogP contribution in [0.4, 0.5) is 0 Å². The van der Waals surface area contributed by atoms with Crippen LogP contribution in [0.25, 0.3) is 0 Å². The summed E-state index contributed by atoms with van der Waals surface area (Å²) in [4.78, 5) is 28.7. The quantitative estimate of drug-likeness (QED) is 0.829. The Hall–Kier alpha value is -2.73. The highest BCUT2D eigenvalue weighted by molar-refractivity contribution is 6.32. The van der Waals surface area contributed by atoms with Gasteiger partial charge in [0.05, 0.1) is 5.56 Å². The summed E-state index contributed by atoms with van der Waals surface area (Å²) in [6.07, 6.45) is 0.671. The fourth-order valence-electron chi connectivity index (χ4n) is 3.42. The van der Waals surface area contributed by atoms with E-state index >= 15 is 0 Å². The zero-order valence-electron chi connectivity index (χ0n) is 16.7. The molecule has 1 aliphatic heterocycles. The minimum Gasteiger partial charge on any atom is -0.507 e. The number of benzene rings is 2. The van der Waals surface area contributed by atoms with Gasteiger partial charge < -0.3 is 19.6 Å². The van der Waals surface area contributed by atoms with E-state index in [1.54, 1.807) is 28.0 Å². The summed E-state index contributed by atoms with van der Waals surface area (Å²) in [6, 6.07) is 10.1. The predicted octanol–water partition coefficient (Wildman–Crippen LogP) is 3.42. The van der Waals surface area contributed by atoms with Crippen LogP contribution in [0.1, 0.15) is 27.9 Å². The average Bonchev–Trinajstić information content (AvgIpc) is 2.96. The Labute approximate surface area is 175 Å². The van der Waals surface area contributed by atoms with Crippen molar-refractivity contribution in [3.8, 4) is 11.5 Å². The molecule has 0 bridgehead atoms. The molecule has 1 aliphatic rings. The first-order valence-corrected chi connectivity index (χ1v) is 9.99. The molecule has 0 aromatic heterocycles. The third-order valence-corrected chi connectivity index (χ3v) is 5.64. The van der Waals surface area contributed by atoms with Gasteiger partial charge >= 0.3 is 0 Å². The molecule has 29 heavy (non-hydrogen) atoms. The predicted molar refractivity (Wildman–Crippen MR) is 112 cm³/mol. The van der Waals surface area contributed by atoms with Crippen molar-refractivity contribution in [2.45, 2.75) is 20.3 Å². The van der Waals surface area contributed by atoms with Crippen LogP contribution in [0.15, 0.2) is 36.4 Å². The van der Waals surface area contributed by atoms with Gasteiger partial charge in [-0.05, 0) is 55.7 Å². The van der Waals surface area contributed by atoms with E-state index < -0.39 is 0 Å². The number of para-hydroxylation sites is 1. The SMILES string of the molecule is Cc1cc(OCC(=O)N2CCCN(C(=O)c3ccccc3O)CC2)cc(C)c1Cl. The summed E-state index contributed by atoms with van der Waals surface area (Å²) < 4.78 is 5.67. The number of aromatic hydroxyl groups is 1. The van der Waals surface area contributed by atoms with Gasteiger partial charge in [-0.15, -0.1) is 0 Å². The van der Waals surface area contributed by atoms with E-state index in [-0.39, 0.29) is 29.7 Å². The highest BCUT2D eigenvalue weighted by Gasteiger charge is 2.24. The van der Waals surface area contributed by atoms with Gasteiger partial charge in [0.25, 0.3) is 11.8 Å². The number of hydrogen-bond donors (Lipinski definition) is 1. The zero-order chi connectivity index (χ0) is 21.0. The van der Waals surface area contributed by atoms with Crippen molar-refractivity contribution in [3.05, 3.63) is 58.1 Å². The van der Waals surface area contributed by atoms with Gasteiger partial charge in [-0.3, -0.25) is 9.59 Å². The molecule has 154 valence electrons. The van der Waals surface area contributed by atoms with Crippen molar-refractivity contribution in [2.24, 2.45) is 0 Å². The van der Waals surface area contributed by atoms with Crippen molar-refractivity contribution in [1.82, 2.24) is 9.80 Å². The van der Waals surface area contributed by atoms with Crippen LogP contribution in [0, 0.1) is 13.8 Å². The molecule has 0 spiro atoms. The van der Waals surface area contributed by atoms with Crippen LogP contribution in [0.3, 0.4) is 0 Å². The number of nitrogens with zero attached hydrogens (tertiary/aromatic N) is 2. The Balaban J connectivity index is 1.57. The van der Waals surface area contributed by atoms with Crippen LogP contribution < -0.4 is 4.74 Å². The van der Waals surface area contributed by atoms with Gasteiger partial charge in [-0.25, -0.2) is 0 Å². The van der Waals surface area contributed by atoms with Crippen LogP contribution >= 0.6 is 11.6 Å². The standard InChI is InChI=1S/C22H25ClN2O4/c1-15-12-17(13-16(2)21(15)23)29-14-20(27)24-8-5-9-25(11-10-24)22(28)18-6-3-4-7-19(18)26/h3-4,6-7,12-13,26H,5,8-11,14H2,1-2H3. The van der Waals surface area contributed by atoms with E-state index in [1.165, 1.54) is 6.07 Å². The molecule has 1 saturated heterocycles. The topological polar surface area (TPSA) is 70.1 Å². The van der Waals surface area contributed by atoms with Crippen LogP contribution in [0.5, 0.6) is 11.5 Å². The Kier molecular flexibility index (Phi) is 6.64. The number of halogens is 1. The minimum atomic E-state index is -0.222. The van der Waals surface area contributed by atoms with E-state index in [0.29, 0.717) is 43.4 Å². The maximum Gasteiger partial charge on any atom is 0.260 e. The molecule has 0 atom stereocenters. The van der Waals surface area contributed by atoms with Crippen molar-refractivity contribution in [1.29, 1.82) is 0 Å². The Bertz CT molecular complexity index is 892. The molecule has 1 N–H and O–H groups in total. The number of hydrogen-bond acceptors (Lipinski definition) is 4. The molecule has 2 aromatic carbocycles. The number of phenolic OH excluding ortho intramolecular Hbond substituents is 1. The van der Waals surface area contributed by atoms with E-state index in [9.17, 15) is 14.7 Å². The van der Waals surface area contributed by atoms with E-state index in [0.717, 1.165) is 11.1 Å². The minimum absolute atomic E-state index is 0.0309. The zero-order valence-corrected chi connectivity index (χ0v) is 17.4. The molecule has 7 heteroatoms. The monoisotopic (exact) mass is 416 g/mol. The second-order valence-electron chi connectivity index (χ2n) is 7.20. The fourth-order valence-corrected chi connectivity index (χ4v) is 3.53. The van der Waals surface area contributed by atoms with Gasteiger partial charge in [-0.2, -0.15) is 0 Å². The first-order valence-electron chi connectivity index (χ1n) is 9.61. The van der Waals surface area contributed by atoms with Crippen molar-refractivity contribution in [2.75, 3.05) is 32.8 Å². The highest BCUT2D eigenvalue weighted by atomic mass is 35.5. The number of aryl methyl sites for hydroxylation is 2. The maximum absolute atomic E-state index is 12.7. The third-order valence-electron chi connectivity index (χ3n) is 5.04. The summed E-state index contributed by atoms with van der Waals surface area (Å²) in [5, 5.41) is 10.6. The molecule has 0 aliphatic carbocycles. The van der Waals surface area contributed by atoms with Crippen molar-refractivity contribution in [3.63, 3.8) is 0 Å². The Morgan fingerprint density at radius 3 is 2.34 bits per heavy atom. The van der Waals surface area contributed by atoms with Gasteiger partial charge in [-0.1, -0.05) is 23.7 Å². The molecule has 1 heterocycles. The second-order valence-corrected chi connectivity index (χ2v) is 7.58. The lowest BCUT2D eigenvalue weighted by molar-refractivity contribution is -0.133. The molecule has 0 unspecified atom stereocenters. The molecule has 2 aromatic rings. The second kappa shape index (κ2) is 9.18. The summed E-state index contributed by atoms with van der Waals surface area (Å²) in [7, 11) is 0. The van der Waals surface area contributed by atoms with E-state index in [4.69, 9.17) is 16.3 Å². The molecule has 6 nitrogen and oxygen atoms in total. The molecular weight excluding hydrogens is 392 g/mol. The number of rotatable bonds is 4. The molecule has 1 fully saturated rings. The fraction of sp³-hybridized carbons (Fsp3) is 0.364. The largest absolute Gasteiger partial charge is 0.507 e. The summed E-state index contributed by atoms with van der Waals surface area (Å²) >= 11 is 6.17. The van der Waals surface area contributed by atoms with E-state index in [1.807, 2.05) is 26.0 Å². The highest BCUT2D eigenvalue weighted by Crippen LogP contribution is 2.26. The van der Waals surface area contributed by atoms with Crippen LogP contribution in [-0.2, 0) is 4.79 Å². The third kappa shape index (κ3) is 5.01. The lowest BCUT2D eigenvalue weighted by atomic mass is 10.1. The smallest absolute Gasteiger partial charge is 0.260 e. The lowest BCUT2D eigenvalue weighted by Gasteiger charge is -2.22. The molecule has 0 radical (unpaired) electrons. The first kappa shape index (κ1) is 21.0. The summed E-state index contributed by atoms with van der Waals surface area (Å²) in [5.74, 6) is 0.244. The number of phenols is 1. The van der Waals surface area contributed by atoms with Gasteiger partial charge in [0.15, 0.2) is 6.61 Å². The normalized spacial score (nSPS) is 14.4. The lowest BCUT2D eigenvalue weighted by Crippen LogP contribution is -2.39. The molecule has 2 amide bonds. The van der Waals surface area contributed by atoms with Crippen LogP contribution in [0.2, 0.25) is 5.02 Å². The molecular formula is C22H25ClN2O4. The summed E-state index contributed by atoms with van der Waals surface area (Å²) in [6.45, 7) is 5.68. The van der Waals surface area contributed by atoms with Gasteiger partial charge in [0.2, 0.25) is 0 Å². The number of amides is 2. The number of carbonyl (C=O) groups is 2. The van der Waals surface area contributed by atoms with E-state index in [2.05, 4.69) is 0 Å². The Morgan fingerprint density at radius 2 is 1.66 bits per heavy atom.